The Balaban J connectivity index is 1.49. The van der Waals surface area contributed by atoms with E-state index >= 15 is 0 Å². The van der Waals surface area contributed by atoms with Crippen LogP contribution in [0, 0.1) is 5.82 Å². The van der Waals surface area contributed by atoms with Crippen molar-refractivity contribution in [2.45, 2.75) is 12.5 Å². The van der Waals surface area contributed by atoms with Crippen molar-refractivity contribution in [3.05, 3.63) is 52.7 Å². The summed E-state index contributed by atoms with van der Waals surface area (Å²) in [5, 5.41) is 8.42. The highest BCUT2D eigenvalue weighted by Gasteiger charge is 2.25. The summed E-state index contributed by atoms with van der Waals surface area (Å²) in [5.74, 6) is 0.958. The molecule has 1 aliphatic heterocycles. The fourth-order valence-corrected chi connectivity index (χ4v) is 3.71. The van der Waals surface area contributed by atoms with E-state index in [2.05, 4.69) is 32.4 Å². The highest BCUT2D eigenvalue weighted by Crippen LogP contribution is 2.28. The normalized spacial score (nSPS) is 18.6. The molecule has 2 aromatic heterocycles. The molecular formula is C17H18FN5OS. The summed E-state index contributed by atoms with van der Waals surface area (Å²) >= 11 is 1.52. The van der Waals surface area contributed by atoms with Crippen LogP contribution in [0.4, 0.5) is 4.39 Å². The lowest BCUT2D eigenvalue weighted by Gasteiger charge is -2.30. The van der Waals surface area contributed by atoms with E-state index in [-0.39, 0.29) is 11.9 Å². The fraction of sp³-hybridized carbons (Fsp3) is 0.353. The SMILES string of the molecule is CN1CCNCC1c1noc(-c2cnc(Cc3ccc(F)cc3)s2)n1. The maximum Gasteiger partial charge on any atom is 0.269 e. The minimum Gasteiger partial charge on any atom is -0.333 e. The first-order valence-electron chi connectivity index (χ1n) is 8.13. The molecule has 0 radical (unpaired) electrons. The standard InChI is InChI=1S/C17H18FN5OS/c1-23-7-6-19-9-13(23)16-21-17(24-22-16)14-10-20-15(25-14)8-11-2-4-12(18)5-3-11/h2-5,10,13,19H,6-9H2,1H3. The van der Waals surface area contributed by atoms with E-state index in [1.165, 1.54) is 23.5 Å². The molecule has 0 spiro atoms. The number of nitrogens with one attached hydrogen (secondary N) is 1. The molecule has 0 aliphatic carbocycles. The first kappa shape index (κ1) is 16.3. The van der Waals surface area contributed by atoms with E-state index in [1.807, 2.05) is 0 Å². The van der Waals surface area contributed by atoms with Crippen LogP contribution in [0.2, 0.25) is 0 Å². The lowest BCUT2D eigenvalue weighted by Crippen LogP contribution is -2.44. The first-order chi connectivity index (χ1) is 12.2. The van der Waals surface area contributed by atoms with Crippen LogP contribution in [0.3, 0.4) is 0 Å². The zero-order valence-electron chi connectivity index (χ0n) is 13.8. The molecular weight excluding hydrogens is 341 g/mol. The molecule has 3 aromatic rings. The van der Waals surface area contributed by atoms with Gasteiger partial charge >= 0.3 is 0 Å². The van der Waals surface area contributed by atoms with Crippen LogP contribution < -0.4 is 5.32 Å². The van der Waals surface area contributed by atoms with Crippen LogP contribution in [0.5, 0.6) is 0 Å². The molecule has 1 fully saturated rings. The quantitative estimate of drug-likeness (QED) is 0.772. The summed E-state index contributed by atoms with van der Waals surface area (Å²) < 4.78 is 18.4. The van der Waals surface area contributed by atoms with Crippen molar-refractivity contribution in [1.29, 1.82) is 0 Å². The third kappa shape index (κ3) is 3.60. The van der Waals surface area contributed by atoms with Gasteiger partial charge in [0.1, 0.15) is 10.7 Å². The van der Waals surface area contributed by atoms with Crippen molar-refractivity contribution < 1.29 is 8.91 Å². The zero-order valence-corrected chi connectivity index (χ0v) is 14.6. The van der Waals surface area contributed by atoms with Crippen molar-refractivity contribution in [1.82, 2.24) is 25.3 Å². The Labute approximate surface area is 148 Å². The van der Waals surface area contributed by atoms with Gasteiger partial charge < -0.3 is 9.84 Å². The van der Waals surface area contributed by atoms with Crippen LogP contribution in [0.15, 0.2) is 35.0 Å². The summed E-state index contributed by atoms with van der Waals surface area (Å²) in [5.41, 5.74) is 1.02. The molecule has 1 N–H and O–H groups in total. The second kappa shape index (κ2) is 6.99. The fourth-order valence-electron chi connectivity index (χ4n) is 2.83. The number of aromatic nitrogens is 3. The van der Waals surface area contributed by atoms with Gasteiger partial charge in [0.15, 0.2) is 5.82 Å². The smallest absolute Gasteiger partial charge is 0.269 e. The van der Waals surface area contributed by atoms with Gasteiger partial charge in [-0.2, -0.15) is 4.98 Å². The molecule has 1 aromatic carbocycles. The number of nitrogens with zero attached hydrogens (tertiary/aromatic N) is 4. The Kier molecular flexibility index (Phi) is 4.56. The molecule has 0 saturated carbocycles. The summed E-state index contributed by atoms with van der Waals surface area (Å²) in [7, 11) is 2.06. The number of likely N-dealkylation sites (N-methyl/N-ethyl adjacent to an activating group) is 1. The molecule has 8 heteroatoms. The number of piperazine rings is 1. The van der Waals surface area contributed by atoms with E-state index in [4.69, 9.17) is 4.52 Å². The van der Waals surface area contributed by atoms with E-state index in [0.717, 1.165) is 35.1 Å². The van der Waals surface area contributed by atoms with Gasteiger partial charge in [-0.15, -0.1) is 11.3 Å². The minimum absolute atomic E-state index is 0.123. The average Bonchev–Trinajstić information content (AvgIpc) is 3.27. The van der Waals surface area contributed by atoms with Gasteiger partial charge in [0.2, 0.25) is 0 Å². The molecule has 1 atom stereocenters. The van der Waals surface area contributed by atoms with E-state index in [1.54, 1.807) is 18.3 Å². The third-order valence-electron chi connectivity index (χ3n) is 4.28. The Morgan fingerprint density at radius 3 is 3.00 bits per heavy atom. The molecule has 3 heterocycles. The van der Waals surface area contributed by atoms with Crippen molar-refractivity contribution in [2.24, 2.45) is 0 Å². The topological polar surface area (TPSA) is 67.1 Å². The molecule has 4 rings (SSSR count). The second-order valence-corrected chi connectivity index (χ2v) is 7.19. The molecule has 1 aliphatic rings. The van der Waals surface area contributed by atoms with Crippen LogP contribution in [-0.4, -0.2) is 46.7 Å². The van der Waals surface area contributed by atoms with Gasteiger partial charge in [0, 0.05) is 26.1 Å². The predicted molar refractivity (Wildman–Crippen MR) is 92.9 cm³/mol. The largest absolute Gasteiger partial charge is 0.333 e. The van der Waals surface area contributed by atoms with Crippen molar-refractivity contribution in [2.75, 3.05) is 26.7 Å². The maximum absolute atomic E-state index is 13.0. The molecule has 1 saturated heterocycles. The Bertz CT molecular complexity index is 847. The Morgan fingerprint density at radius 2 is 2.20 bits per heavy atom. The van der Waals surface area contributed by atoms with Gasteiger partial charge in [0.05, 0.1) is 17.2 Å². The Hall–Kier alpha value is -2.16. The molecule has 0 amide bonds. The monoisotopic (exact) mass is 359 g/mol. The van der Waals surface area contributed by atoms with Gasteiger partial charge in [-0.3, -0.25) is 4.90 Å². The van der Waals surface area contributed by atoms with E-state index in [9.17, 15) is 4.39 Å². The van der Waals surface area contributed by atoms with Crippen molar-refractivity contribution >= 4 is 11.3 Å². The van der Waals surface area contributed by atoms with Crippen molar-refractivity contribution in [3.63, 3.8) is 0 Å². The third-order valence-corrected chi connectivity index (χ3v) is 5.27. The second-order valence-electron chi connectivity index (χ2n) is 6.08. The van der Waals surface area contributed by atoms with Crippen LogP contribution in [-0.2, 0) is 6.42 Å². The molecule has 6 nitrogen and oxygen atoms in total. The summed E-state index contributed by atoms with van der Waals surface area (Å²) in [4.78, 5) is 12.0. The number of hydrogen-bond donors (Lipinski definition) is 1. The summed E-state index contributed by atoms with van der Waals surface area (Å²) in [6.45, 7) is 2.74. The maximum atomic E-state index is 13.0. The van der Waals surface area contributed by atoms with Gasteiger partial charge in [0.25, 0.3) is 5.89 Å². The number of benzene rings is 1. The molecule has 25 heavy (non-hydrogen) atoms. The predicted octanol–water partition coefficient (Wildman–Crippen LogP) is 2.50. The average molecular weight is 359 g/mol. The van der Waals surface area contributed by atoms with Gasteiger partial charge in [-0.25, -0.2) is 9.37 Å². The Morgan fingerprint density at radius 1 is 1.36 bits per heavy atom. The number of halogens is 1. The highest BCUT2D eigenvalue weighted by atomic mass is 32.1. The van der Waals surface area contributed by atoms with Crippen LogP contribution >= 0.6 is 11.3 Å². The summed E-state index contributed by atoms with van der Waals surface area (Å²) in [6, 6.07) is 6.59. The van der Waals surface area contributed by atoms with Gasteiger partial charge in [-0.1, -0.05) is 17.3 Å². The number of hydrogen-bond acceptors (Lipinski definition) is 7. The van der Waals surface area contributed by atoms with Crippen molar-refractivity contribution in [3.8, 4) is 10.8 Å². The summed E-state index contributed by atoms with van der Waals surface area (Å²) in [6.07, 6.45) is 2.41. The first-order valence-corrected chi connectivity index (χ1v) is 8.95. The molecule has 1 unspecified atom stereocenters. The lowest BCUT2D eigenvalue weighted by atomic mass is 10.2. The van der Waals surface area contributed by atoms with E-state index in [0.29, 0.717) is 18.1 Å². The molecule has 0 bridgehead atoms. The lowest BCUT2D eigenvalue weighted by molar-refractivity contribution is 0.190. The van der Waals surface area contributed by atoms with Crippen LogP contribution in [0.1, 0.15) is 22.4 Å². The number of rotatable bonds is 4. The minimum atomic E-state index is -0.232. The van der Waals surface area contributed by atoms with E-state index < -0.39 is 0 Å². The zero-order chi connectivity index (χ0) is 17.2. The van der Waals surface area contributed by atoms with Crippen LogP contribution in [0.25, 0.3) is 10.8 Å². The molecule has 130 valence electrons. The van der Waals surface area contributed by atoms with Gasteiger partial charge in [-0.05, 0) is 24.7 Å². The highest BCUT2D eigenvalue weighted by molar-refractivity contribution is 7.15. The number of thiazole rings is 1.